The standard InChI is InChI=1S/C78H140NO8P/c1-6-8-10-12-14-16-18-20-22-24-26-28-30-32-34-35-36-37-38-39-40-41-42-43-45-46-48-50-52-54-56-58-60-62-64-66-68-70-77(80)84-74-76(75-86-88(82,83)85-73-72-79(3,4)5)87-78(81)71-69-67-65-63-61-59-57-55-53-51-49-47-44-33-31-29-27-25-23-21-19-17-15-13-11-9-7-2/h9,11,15,17-18,20-21,23-24,26-27,29,33,44,49,51,76H,6-8,10,12-14,16,19,22,25,28,30-32,34-43,45-48,50,52-75H2,1-5H3/p+1/b11-9-,17-15-,20-18-,23-21-,26-24-,29-27-,44-33-,51-49-. The van der Waals surface area contributed by atoms with E-state index in [1.54, 1.807) is 0 Å². The van der Waals surface area contributed by atoms with E-state index >= 15 is 0 Å². The van der Waals surface area contributed by atoms with E-state index in [1.165, 1.54) is 212 Å². The molecule has 0 amide bonds. The molecule has 0 rings (SSSR count). The van der Waals surface area contributed by atoms with Crippen molar-refractivity contribution in [2.45, 2.75) is 341 Å². The third kappa shape index (κ3) is 72.0. The third-order valence-corrected chi connectivity index (χ3v) is 17.1. The predicted octanol–water partition coefficient (Wildman–Crippen LogP) is 24.3. The summed E-state index contributed by atoms with van der Waals surface area (Å²) in [5.74, 6) is -0.798. The highest BCUT2D eigenvalue weighted by Crippen LogP contribution is 2.43. The molecule has 0 aliphatic heterocycles. The van der Waals surface area contributed by atoms with Crippen LogP contribution in [-0.4, -0.2) is 74.9 Å². The number of phosphoric acid groups is 1. The van der Waals surface area contributed by atoms with E-state index in [-0.39, 0.29) is 32.0 Å². The molecular formula is C78H141NO8P+. The summed E-state index contributed by atoms with van der Waals surface area (Å²) in [7, 11) is 1.47. The molecule has 2 unspecified atom stereocenters. The number of hydrogen-bond donors (Lipinski definition) is 1. The van der Waals surface area contributed by atoms with Gasteiger partial charge in [-0.15, -0.1) is 0 Å². The first kappa shape index (κ1) is 84.9. The molecule has 0 radical (unpaired) electrons. The number of unbranched alkanes of at least 4 members (excludes halogenated alkanes) is 38. The first-order chi connectivity index (χ1) is 43.0. The van der Waals surface area contributed by atoms with Crippen molar-refractivity contribution < 1.29 is 42.1 Å². The lowest BCUT2D eigenvalue weighted by Gasteiger charge is -2.24. The predicted molar refractivity (Wildman–Crippen MR) is 381 cm³/mol. The average molecular weight is 1250 g/mol. The van der Waals surface area contributed by atoms with Crippen LogP contribution in [0.15, 0.2) is 97.2 Å². The molecule has 0 aromatic heterocycles. The zero-order valence-corrected chi connectivity index (χ0v) is 59.1. The Hall–Kier alpha value is -3.07. The number of carbonyl (C=O) groups excluding carboxylic acids is 2. The monoisotopic (exact) mass is 1250 g/mol. The molecule has 0 heterocycles. The number of rotatable bonds is 68. The van der Waals surface area contributed by atoms with Crippen LogP contribution in [0.2, 0.25) is 0 Å². The third-order valence-electron chi connectivity index (χ3n) is 16.1. The molecule has 0 aliphatic rings. The number of allylic oxidation sites excluding steroid dienone is 16. The lowest BCUT2D eigenvalue weighted by Crippen LogP contribution is -2.37. The molecule has 0 saturated heterocycles. The van der Waals surface area contributed by atoms with Gasteiger partial charge in [0, 0.05) is 12.8 Å². The zero-order chi connectivity index (χ0) is 64.1. The largest absolute Gasteiger partial charge is 0.472 e. The second-order valence-corrected chi connectivity index (χ2v) is 27.4. The number of nitrogens with zero attached hydrogens (tertiary/aromatic N) is 1. The van der Waals surface area contributed by atoms with Crippen molar-refractivity contribution in [1.29, 1.82) is 0 Å². The Labute approximate surface area is 544 Å². The van der Waals surface area contributed by atoms with Gasteiger partial charge in [-0.1, -0.05) is 323 Å². The van der Waals surface area contributed by atoms with Crippen LogP contribution in [0.5, 0.6) is 0 Å². The Morgan fingerprint density at radius 1 is 0.364 bits per heavy atom. The topological polar surface area (TPSA) is 108 Å². The Morgan fingerprint density at radius 2 is 0.648 bits per heavy atom. The van der Waals surface area contributed by atoms with Gasteiger partial charge in [-0.25, -0.2) is 4.57 Å². The maximum Gasteiger partial charge on any atom is 0.472 e. The summed E-state index contributed by atoms with van der Waals surface area (Å²) in [6.45, 7) is 4.33. The lowest BCUT2D eigenvalue weighted by molar-refractivity contribution is -0.870. The maximum atomic E-state index is 12.9. The van der Waals surface area contributed by atoms with Crippen molar-refractivity contribution in [3.8, 4) is 0 Å². The van der Waals surface area contributed by atoms with E-state index < -0.39 is 26.5 Å². The van der Waals surface area contributed by atoms with Crippen molar-refractivity contribution in [3.63, 3.8) is 0 Å². The van der Waals surface area contributed by atoms with E-state index in [1.807, 2.05) is 21.1 Å². The Kier molecular flexibility index (Phi) is 65.9. The molecule has 0 aromatic carbocycles. The molecule has 0 bridgehead atoms. The van der Waals surface area contributed by atoms with Crippen LogP contribution in [0.3, 0.4) is 0 Å². The van der Waals surface area contributed by atoms with Gasteiger partial charge in [0.1, 0.15) is 19.8 Å². The molecular weight excluding hydrogens is 1110 g/mol. The van der Waals surface area contributed by atoms with E-state index in [0.29, 0.717) is 17.4 Å². The van der Waals surface area contributed by atoms with Gasteiger partial charge in [0.15, 0.2) is 6.10 Å². The molecule has 0 spiro atoms. The van der Waals surface area contributed by atoms with Gasteiger partial charge in [0.2, 0.25) is 0 Å². The maximum absolute atomic E-state index is 12.9. The fraction of sp³-hybridized carbons (Fsp3) is 0.769. The minimum Gasteiger partial charge on any atom is -0.462 e. The Morgan fingerprint density at radius 3 is 0.966 bits per heavy atom. The van der Waals surface area contributed by atoms with Crippen LogP contribution in [-0.2, 0) is 32.7 Å². The fourth-order valence-electron chi connectivity index (χ4n) is 10.5. The van der Waals surface area contributed by atoms with Crippen molar-refractivity contribution in [1.82, 2.24) is 0 Å². The first-order valence-corrected chi connectivity index (χ1v) is 38.5. The van der Waals surface area contributed by atoms with E-state index in [2.05, 4.69) is 111 Å². The van der Waals surface area contributed by atoms with Crippen molar-refractivity contribution in [3.05, 3.63) is 97.2 Å². The van der Waals surface area contributed by atoms with Crippen LogP contribution in [0.1, 0.15) is 335 Å². The Bertz CT molecular complexity index is 1810. The highest BCUT2D eigenvalue weighted by atomic mass is 31.2. The van der Waals surface area contributed by atoms with E-state index in [9.17, 15) is 19.0 Å². The molecule has 0 saturated carbocycles. The van der Waals surface area contributed by atoms with Crippen LogP contribution in [0, 0.1) is 0 Å². The molecule has 510 valence electrons. The van der Waals surface area contributed by atoms with Crippen LogP contribution >= 0.6 is 7.82 Å². The number of hydrogen-bond acceptors (Lipinski definition) is 7. The number of carbonyl (C=O) groups is 2. The summed E-state index contributed by atoms with van der Waals surface area (Å²) in [6.07, 6.45) is 95.3. The van der Waals surface area contributed by atoms with Gasteiger partial charge >= 0.3 is 19.8 Å². The number of ether oxygens (including phenoxy) is 2. The number of likely N-dealkylation sites (N-methyl/N-ethyl adjacent to an activating group) is 1. The Balaban J connectivity index is 3.99. The molecule has 2 atom stereocenters. The molecule has 10 heteroatoms. The molecule has 88 heavy (non-hydrogen) atoms. The normalized spacial score (nSPS) is 13.7. The fourth-order valence-corrected chi connectivity index (χ4v) is 11.2. The average Bonchev–Trinajstić information content (AvgIpc) is 3.60. The van der Waals surface area contributed by atoms with Gasteiger partial charge in [0.05, 0.1) is 27.7 Å². The number of esters is 2. The molecule has 9 nitrogen and oxygen atoms in total. The number of phosphoric ester groups is 1. The highest BCUT2D eigenvalue weighted by Gasteiger charge is 2.27. The quantitative estimate of drug-likeness (QED) is 0.0211. The highest BCUT2D eigenvalue weighted by molar-refractivity contribution is 7.47. The minimum absolute atomic E-state index is 0.0273. The van der Waals surface area contributed by atoms with Crippen LogP contribution in [0.4, 0.5) is 0 Å². The van der Waals surface area contributed by atoms with Gasteiger partial charge in [-0.05, 0) is 96.3 Å². The van der Waals surface area contributed by atoms with Crippen molar-refractivity contribution >= 4 is 19.8 Å². The minimum atomic E-state index is -4.40. The zero-order valence-electron chi connectivity index (χ0n) is 58.2. The van der Waals surface area contributed by atoms with Gasteiger partial charge in [0.25, 0.3) is 0 Å². The summed E-state index contributed by atoms with van der Waals surface area (Å²) < 4.78 is 34.7. The summed E-state index contributed by atoms with van der Waals surface area (Å²) in [6, 6.07) is 0. The number of quaternary nitrogens is 1. The molecule has 1 N–H and O–H groups in total. The molecule has 0 aromatic rings. The lowest BCUT2D eigenvalue weighted by atomic mass is 10.0. The van der Waals surface area contributed by atoms with Gasteiger partial charge in [-0.2, -0.15) is 0 Å². The summed E-state index contributed by atoms with van der Waals surface area (Å²) >= 11 is 0. The van der Waals surface area contributed by atoms with E-state index in [0.717, 1.165) is 89.9 Å². The van der Waals surface area contributed by atoms with E-state index in [4.69, 9.17) is 18.5 Å². The summed E-state index contributed by atoms with van der Waals surface area (Å²) in [4.78, 5) is 35.9. The second-order valence-electron chi connectivity index (χ2n) is 25.9. The molecule has 0 aliphatic carbocycles. The van der Waals surface area contributed by atoms with Crippen LogP contribution < -0.4 is 0 Å². The van der Waals surface area contributed by atoms with Crippen molar-refractivity contribution in [2.24, 2.45) is 0 Å². The SMILES string of the molecule is CC/C=C\C/C=C\C/C=C\C/C=C\C/C=C\C/C=C\CCCCCCCCCCC(=O)OC(COC(=O)CCCCCCCCCCCCCCCCCCCCCCCCCCC/C=C\C/C=C\CCCCCCC)COP(=O)(O)OCC[N+](C)(C)C. The summed E-state index contributed by atoms with van der Waals surface area (Å²) in [5, 5.41) is 0. The van der Waals surface area contributed by atoms with Gasteiger partial charge in [-0.3, -0.25) is 18.6 Å². The summed E-state index contributed by atoms with van der Waals surface area (Å²) in [5.41, 5.74) is 0. The molecule has 0 fully saturated rings. The second kappa shape index (κ2) is 68.3. The smallest absolute Gasteiger partial charge is 0.462 e. The first-order valence-electron chi connectivity index (χ1n) is 37.0. The van der Waals surface area contributed by atoms with Crippen molar-refractivity contribution in [2.75, 3.05) is 47.5 Å². The van der Waals surface area contributed by atoms with Crippen LogP contribution in [0.25, 0.3) is 0 Å². The van der Waals surface area contributed by atoms with Gasteiger partial charge < -0.3 is 18.9 Å².